The van der Waals surface area contributed by atoms with E-state index >= 15 is 0 Å². The predicted molar refractivity (Wildman–Crippen MR) is 93.1 cm³/mol. The van der Waals surface area contributed by atoms with E-state index < -0.39 is 0 Å². The van der Waals surface area contributed by atoms with Gasteiger partial charge in [0.1, 0.15) is 0 Å². The molecule has 1 saturated heterocycles. The third kappa shape index (κ3) is 3.14. The van der Waals surface area contributed by atoms with Gasteiger partial charge >= 0.3 is 0 Å². The second-order valence-corrected chi connectivity index (χ2v) is 6.11. The maximum atomic E-state index is 12.4. The third-order valence-electron chi connectivity index (χ3n) is 4.33. The van der Waals surface area contributed by atoms with Crippen LogP contribution in [0.25, 0.3) is 16.9 Å². The quantitative estimate of drug-likeness (QED) is 0.784. The Hall–Kier alpha value is -3.06. The zero-order chi connectivity index (χ0) is 17.2. The average Bonchev–Trinajstić information content (AvgIpc) is 3.31. The largest absolute Gasteiger partial charge is 0.337 e. The highest BCUT2D eigenvalue weighted by Crippen LogP contribution is 2.19. The molecular weight excluding hydrogens is 316 g/mol. The molecule has 2 N–H and O–H groups in total. The van der Waals surface area contributed by atoms with E-state index in [9.17, 15) is 4.79 Å². The third-order valence-corrected chi connectivity index (χ3v) is 4.33. The number of pyridine rings is 2. The summed E-state index contributed by atoms with van der Waals surface area (Å²) in [6, 6.07) is 7.49. The van der Waals surface area contributed by atoms with Crippen LogP contribution >= 0.6 is 0 Å². The Kier molecular flexibility index (Phi) is 3.99. The van der Waals surface area contributed by atoms with Gasteiger partial charge in [0, 0.05) is 49.5 Å². The van der Waals surface area contributed by atoms with Crippen molar-refractivity contribution in [2.75, 3.05) is 13.1 Å². The molecule has 0 aliphatic carbocycles. The number of rotatable bonds is 3. The van der Waals surface area contributed by atoms with Crippen molar-refractivity contribution in [3.63, 3.8) is 0 Å². The smallest absolute Gasteiger partial charge is 0.255 e. The van der Waals surface area contributed by atoms with Gasteiger partial charge in [-0.25, -0.2) is 4.68 Å². The molecule has 25 heavy (non-hydrogen) atoms. The van der Waals surface area contributed by atoms with E-state index in [1.807, 2.05) is 24.4 Å². The van der Waals surface area contributed by atoms with Crippen molar-refractivity contribution in [1.82, 2.24) is 24.6 Å². The van der Waals surface area contributed by atoms with Crippen molar-refractivity contribution in [3.05, 3.63) is 60.8 Å². The molecule has 3 aromatic rings. The average molecular weight is 334 g/mol. The van der Waals surface area contributed by atoms with E-state index in [4.69, 9.17) is 5.73 Å². The Balaban J connectivity index is 1.53. The van der Waals surface area contributed by atoms with Crippen molar-refractivity contribution in [2.24, 2.45) is 5.73 Å². The number of carbonyl (C=O) groups excluding carboxylic acids is 1. The van der Waals surface area contributed by atoms with Gasteiger partial charge in [-0.2, -0.15) is 5.10 Å². The number of nitrogens with two attached hydrogens (primary N) is 1. The van der Waals surface area contributed by atoms with E-state index in [0.29, 0.717) is 18.7 Å². The molecule has 126 valence electrons. The van der Waals surface area contributed by atoms with Gasteiger partial charge in [0.2, 0.25) is 0 Å². The number of hydrogen-bond acceptors (Lipinski definition) is 5. The minimum absolute atomic E-state index is 0.0144. The molecule has 3 aromatic heterocycles. The Morgan fingerprint density at radius 2 is 2.00 bits per heavy atom. The molecule has 1 atom stereocenters. The van der Waals surface area contributed by atoms with E-state index in [2.05, 4.69) is 15.1 Å². The van der Waals surface area contributed by atoms with Gasteiger partial charge in [-0.1, -0.05) is 0 Å². The molecule has 7 heteroatoms. The molecule has 4 rings (SSSR count). The van der Waals surface area contributed by atoms with E-state index in [1.54, 1.807) is 40.4 Å². The molecule has 0 aromatic carbocycles. The minimum atomic E-state index is -0.0144. The van der Waals surface area contributed by atoms with Crippen LogP contribution in [0.1, 0.15) is 16.8 Å². The van der Waals surface area contributed by atoms with Gasteiger partial charge in [0.15, 0.2) is 0 Å². The predicted octanol–water partition coefficient (Wildman–Crippen LogP) is 1.50. The topological polar surface area (TPSA) is 89.9 Å². The lowest BCUT2D eigenvalue weighted by molar-refractivity contribution is 0.0790. The summed E-state index contributed by atoms with van der Waals surface area (Å²) in [7, 11) is 0. The monoisotopic (exact) mass is 334 g/mol. The molecule has 1 aliphatic heterocycles. The van der Waals surface area contributed by atoms with Gasteiger partial charge in [0.25, 0.3) is 5.91 Å². The summed E-state index contributed by atoms with van der Waals surface area (Å²) in [6.45, 7) is 1.32. The molecule has 1 amide bonds. The summed E-state index contributed by atoms with van der Waals surface area (Å²) in [5.41, 5.74) is 9.04. The Morgan fingerprint density at radius 3 is 2.68 bits per heavy atom. The number of amides is 1. The number of likely N-dealkylation sites (tertiary alicyclic amines) is 1. The van der Waals surface area contributed by atoms with Gasteiger partial charge < -0.3 is 10.6 Å². The molecule has 4 heterocycles. The van der Waals surface area contributed by atoms with Crippen molar-refractivity contribution in [1.29, 1.82) is 0 Å². The molecule has 0 spiro atoms. The molecule has 1 fully saturated rings. The van der Waals surface area contributed by atoms with Crippen LogP contribution < -0.4 is 5.73 Å². The zero-order valence-corrected chi connectivity index (χ0v) is 13.6. The number of aromatic nitrogens is 4. The lowest BCUT2D eigenvalue weighted by Crippen LogP contribution is -2.31. The first-order chi connectivity index (χ1) is 12.2. The first kappa shape index (κ1) is 15.5. The van der Waals surface area contributed by atoms with E-state index in [1.165, 1.54) is 0 Å². The van der Waals surface area contributed by atoms with Crippen molar-refractivity contribution in [2.45, 2.75) is 12.5 Å². The maximum absolute atomic E-state index is 12.4. The van der Waals surface area contributed by atoms with E-state index in [0.717, 1.165) is 23.4 Å². The normalized spacial score (nSPS) is 17.0. The highest BCUT2D eigenvalue weighted by Gasteiger charge is 2.24. The molecule has 1 unspecified atom stereocenters. The number of carbonyl (C=O) groups is 1. The van der Waals surface area contributed by atoms with Crippen LogP contribution in [0.4, 0.5) is 0 Å². The van der Waals surface area contributed by atoms with Gasteiger partial charge in [-0.3, -0.25) is 14.8 Å². The fourth-order valence-electron chi connectivity index (χ4n) is 2.94. The first-order valence-electron chi connectivity index (χ1n) is 8.17. The highest BCUT2D eigenvalue weighted by molar-refractivity contribution is 5.94. The summed E-state index contributed by atoms with van der Waals surface area (Å²) in [5.74, 6) is -0.0144. The molecule has 0 saturated carbocycles. The van der Waals surface area contributed by atoms with Crippen molar-refractivity contribution in [3.8, 4) is 16.9 Å². The molecule has 0 bridgehead atoms. The van der Waals surface area contributed by atoms with Crippen molar-refractivity contribution >= 4 is 5.91 Å². The highest BCUT2D eigenvalue weighted by atomic mass is 16.2. The molecule has 7 nitrogen and oxygen atoms in total. The SMILES string of the molecule is NC1CCN(C(=O)c2ccc(-c3cnn(-c4ccncc4)c3)nc2)C1. The fraction of sp³-hybridized carbons (Fsp3) is 0.222. The molecular formula is C18H18N6O. The Labute approximate surface area is 145 Å². The molecule has 1 aliphatic rings. The standard InChI is InChI=1S/C18H18N6O/c19-15-5-8-23(12-15)18(25)13-1-2-17(21-9-13)14-10-22-24(11-14)16-3-6-20-7-4-16/h1-4,6-7,9-11,15H,5,8,12,19H2. The minimum Gasteiger partial charge on any atom is -0.337 e. The summed E-state index contributed by atoms with van der Waals surface area (Å²) >= 11 is 0. The van der Waals surface area contributed by atoms with Crippen LogP contribution in [0, 0.1) is 0 Å². The first-order valence-corrected chi connectivity index (χ1v) is 8.17. The van der Waals surface area contributed by atoms with Crippen LogP contribution in [0.2, 0.25) is 0 Å². The lowest BCUT2D eigenvalue weighted by atomic mass is 10.2. The van der Waals surface area contributed by atoms with Crippen LogP contribution in [0.15, 0.2) is 55.2 Å². The molecule has 0 radical (unpaired) electrons. The summed E-state index contributed by atoms with van der Waals surface area (Å²) < 4.78 is 1.77. The number of nitrogens with zero attached hydrogens (tertiary/aromatic N) is 5. The second-order valence-electron chi connectivity index (χ2n) is 6.11. The maximum Gasteiger partial charge on any atom is 0.255 e. The van der Waals surface area contributed by atoms with Crippen molar-refractivity contribution < 1.29 is 4.79 Å². The van der Waals surface area contributed by atoms with Crippen LogP contribution in [-0.2, 0) is 0 Å². The van der Waals surface area contributed by atoms with E-state index in [-0.39, 0.29) is 11.9 Å². The Bertz CT molecular complexity index is 874. The van der Waals surface area contributed by atoms with Gasteiger partial charge in [0.05, 0.1) is 23.1 Å². The van der Waals surface area contributed by atoms with Gasteiger partial charge in [-0.15, -0.1) is 0 Å². The summed E-state index contributed by atoms with van der Waals surface area (Å²) in [6.07, 6.45) is 9.57. The fourth-order valence-corrected chi connectivity index (χ4v) is 2.94. The van der Waals surface area contributed by atoms with Crippen LogP contribution in [0.5, 0.6) is 0 Å². The zero-order valence-electron chi connectivity index (χ0n) is 13.6. The second kappa shape index (κ2) is 6.45. The van der Waals surface area contributed by atoms with Crippen LogP contribution in [-0.4, -0.2) is 49.7 Å². The lowest BCUT2D eigenvalue weighted by Gasteiger charge is -2.15. The number of hydrogen-bond donors (Lipinski definition) is 1. The van der Waals surface area contributed by atoms with Crippen LogP contribution in [0.3, 0.4) is 0 Å². The van der Waals surface area contributed by atoms with Gasteiger partial charge in [-0.05, 0) is 30.7 Å². The summed E-state index contributed by atoms with van der Waals surface area (Å²) in [4.78, 5) is 22.6. The Morgan fingerprint density at radius 1 is 1.16 bits per heavy atom. The summed E-state index contributed by atoms with van der Waals surface area (Å²) in [5, 5.41) is 4.35.